The van der Waals surface area contributed by atoms with Crippen molar-refractivity contribution in [1.82, 2.24) is 14.7 Å². The summed E-state index contributed by atoms with van der Waals surface area (Å²) in [4.78, 5) is 14.4. The fraction of sp³-hybridized carbons (Fsp3) is 0.167. The minimum Gasteiger partial charge on any atom is -0.382 e. The van der Waals surface area contributed by atoms with Crippen LogP contribution in [0, 0.1) is 0 Å². The van der Waals surface area contributed by atoms with Gasteiger partial charge in [0.1, 0.15) is 0 Å². The average Bonchev–Trinajstić information content (AvgIpc) is 3.09. The smallest absolute Gasteiger partial charge is 0.323 e. The van der Waals surface area contributed by atoms with Crippen molar-refractivity contribution in [2.75, 3.05) is 37.0 Å². The van der Waals surface area contributed by atoms with Gasteiger partial charge in [0.2, 0.25) is 0 Å². The van der Waals surface area contributed by atoms with E-state index in [0.717, 1.165) is 35.1 Å². The number of urea groups is 1. The van der Waals surface area contributed by atoms with Crippen LogP contribution >= 0.6 is 11.6 Å². The Kier molecular flexibility index (Phi) is 6.30. The van der Waals surface area contributed by atoms with Gasteiger partial charge in [0, 0.05) is 22.9 Å². The van der Waals surface area contributed by atoms with Crippen LogP contribution in [0.3, 0.4) is 0 Å². The molecule has 0 spiro atoms. The molecule has 0 saturated heterocycles. The highest BCUT2D eigenvalue weighted by Crippen LogP contribution is 2.33. The molecule has 0 fully saturated rings. The van der Waals surface area contributed by atoms with E-state index in [2.05, 4.69) is 20.6 Å². The molecule has 1 aromatic heterocycles. The van der Waals surface area contributed by atoms with Crippen molar-refractivity contribution in [2.24, 2.45) is 0 Å². The van der Waals surface area contributed by atoms with E-state index >= 15 is 0 Å². The van der Waals surface area contributed by atoms with Gasteiger partial charge >= 0.3 is 6.03 Å². The topological polar surface area (TPSA) is 88.2 Å². The zero-order valence-corrected chi connectivity index (χ0v) is 18.7. The van der Waals surface area contributed by atoms with Crippen molar-refractivity contribution in [3.05, 3.63) is 71.8 Å². The first-order chi connectivity index (χ1) is 15.4. The summed E-state index contributed by atoms with van der Waals surface area (Å²) >= 11 is 5.96. The number of anilines is 3. The highest BCUT2D eigenvalue weighted by Gasteiger charge is 2.14. The van der Waals surface area contributed by atoms with Crippen LogP contribution in [-0.4, -0.2) is 41.4 Å². The number of nitrogen functional groups attached to an aromatic ring is 1. The van der Waals surface area contributed by atoms with Gasteiger partial charge in [0.15, 0.2) is 5.82 Å². The number of nitrogens with two attached hydrogens (primary N) is 1. The summed E-state index contributed by atoms with van der Waals surface area (Å²) in [7, 11) is 4.07. The van der Waals surface area contributed by atoms with E-state index in [0.29, 0.717) is 22.2 Å². The van der Waals surface area contributed by atoms with E-state index in [4.69, 9.17) is 17.3 Å². The van der Waals surface area contributed by atoms with Gasteiger partial charge in [-0.2, -0.15) is 5.10 Å². The Labute approximate surface area is 191 Å². The van der Waals surface area contributed by atoms with Crippen LogP contribution in [0.15, 0.2) is 66.7 Å². The Bertz CT molecular complexity index is 1250. The first-order valence-corrected chi connectivity index (χ1v) is 10.6. The molecule has 4 rings (SSSR count). The number of nitrogens with zero attached hydrogens (tertiary/aromatic N) is 3. The van der Waals surface area contributed by atoms with Gasteiger partial charge in [0.25, 0.3) is 0 Å². The summed E-state index contributed by atoms with van der Waals surface area (Å²) < 4.78 is 1.95. The number of fused-ring (bicyclic) bond motifs is 1. The number of nitrogens with one attached hydrogen (secondary N) is 2. The van der Waals surface area contributed by atoms with E-state index in [1.165, 1.54) is 0 Å². The third-order valence-electron chi connectivity index (χ3n) is 5.10. The van der Waals surface area contributed by atoms with Crippen molar-refractivity contribution in [3.8, 4) is 11.1 Å². The fourth-order valence-electron chi connectivity index (χ4n) is 3.56. The Morgan fingerprint density at radius 2 is 1.75 bits per heavy atom. The monoisotopic (exact) mass is 448 g/mol. The van der Waals surface area contributed by atoms with Crippen LogP contribution in [0.5, 0.6) is 0 Å². The van der Waals surface area contributed by atoms with Crippen LogP contribution in [0.2, 0.25) is 5.02 Å². The van der Waals surface area contributed by atoms with Gasteiger partial charge < -0.3 is 21.3 Å². The molecule has 32 heavy (non-hydrogen) atoms. The molecule has 1 heterocycles. The Hall–Kier alpha value is -3.55. The minimum absolute atomic E-state index is 0.339. The molecule has 0 saturated carbocycles. The lowest BCUT2D eigenvalue weighted by atomic mass is 10.0. The molecule has 8 heteroatoms. The number of benzene rings is 3. The van der Waals surface area contributed by atoms with E-state index < -0.39 is 0 Å². The lowest BCUT2D eigenvalue weighted by Gasteiger charge is -2.11. The molecule has 164 valence electrons. The number of rotatable bonds is 6. The molecule has 0 atom stereocenters. The summed E-state index contributed by atoms with van der Waals surface area (Å²) in [5.74, 6) is 0.512. The van der Waals surface area contributed by atoms with Crippen molar-refractivity contribution in [1.29, 1.82) is 0 Å². The number of amides is 2. The number of aromatic nitrogens is 2. The first-order valence-electron chi connectivity index (χ1n) is 10.2. The Balaban J connectivity index is 1.53. The third-order valence-corrected chi connectivity index (χ3v) is 5.34. The Morgan fingerprint density at radius 3 is 2.47 bits per heavy atom. The zero-order chi connectivity index (χ0) is 22.7. The standard InChI is InChI=1S/C24H25ClN6O/c1-30(2)13-14-31-21-8-4-7-20(22(21)23(26)29-31)16-9-11-18(12-10-16)27-24(32)28-19-6-3-5-17(25)15-19/h3-12,15H,13-14H2,1-2H3,(H2,26,29)(H2,27,28,32). The predicted octanol–water partition coefficient (Wildman–Crippen LogP) is 5.14. The van der Waals surface area contributed by atoms with Gasteiger partial charge in [-0.25, -0.2) is 4.79 Å². The van der Waals surface area contributed by atoms with Crippen molar-refractivity contribution < 1.29 is 4.79 Å². The maximum absolute atomic E-state index is 12.3. The molecule has 3 aromatic carbocycles. The van der Waals surface area contributed by atoms with Gasteiger partial charge in [-0.15, -0.1) is 0 Å². The molecule has 0 radical (unpaired) electrons. The second kappa shape index (κ2) is 9.30. The molecular formula is C24H25ClN6O. The lowest BCUT2D eigenvalue weighted by molar-refractivity contribution is 0.262. The van der Waals surface area contributed by atoms with E-state index in [9.17, 15) is 4.79 Å². The second-order valence-corrected chi connectivity index (χ2v) is 8.21. The van der Waals surface area contributed by atoms with E-state index in [1.807, 2.05) is 61.2 Å². The number of hydrogen-bond donors (Lipinski definition) is 3. The number of carbonyl (C=O) groups excluding carboxylic acids is 1. The maximum Gasteiger partial charge on any atom is 0.323 e. The molecule has 2 amide bonds. The van der Waals surface area contributed by atoms with Crippen LogP contribution in [0.25, 0.3) is 22.0 Å². The molecule has 4 aromatic rings. The van der Waals surface area contributed by atoms with Crippen LogP contribution < -0.4 is 16.4 Å². The highest BCUT2D eigenvalue weighted by atomic mass is 35.5. The van der Waals surface area contributed by atoms with E-state index in [-0.39, 0.29) is 6.03 Å². The SMILES string of the molecule is CN(C)CCn1nc(N)c2c(-c3ccc(NC(=O)Nc4cccc(Cl)c4)cc3)cccc21. The number of carbonyl (C=O) groups is 1. The van der Waals surface area contributed by atoms with Crippen molar-refractivity contribution >= 4 is 45.7 Å². The van der Waals surface area contributed by atoms with Gasteiger partial charge in [0.05, 0.1) is 17.4 Å². The largest absolute Gasteiger partial charge is 0.382 e. The van der Waals surface area contributed by atoms with E-state index in [1.54, 1.807) is 24.3 Å². The molecule has 0 aliphatic carbocycles. The molecule has 7 nitrogen and oxygen atoms in total. The van der Waals surface area contributed by atoms with Crippen molar-refractivity contribution in [2.45, 2.75) is 6.54 Å². The van der Waals surface area contributed by atoms with Crippen LogP contribution in [0.1, 0.15) is 0 Å². The molecular weight excluding hydrogens is 424 g/mol. The number of hydrogen-bond acceptors (Lipinski definition) is 4. The summed E-state index contributed by atoms with van der Waals surface area (Å²) in [5.41, 5.74) is 10.6. The second-order valence-electron chi connectivity index (χ2n) is 7.78. The summed E-state index contributed by atoms with van der Waals surface area (Å²) in [6.07, 6.45) is 0. The average molecular weight is 449 g/mol. The normalized spacial score (nSPS) is 11.1. The molecule has 0 unspecified atom stereocenters. The molecule has 0 aliphatic rings. The van der Waals surface area contributed by atoms with Crippen LogP contribution in [0.4, 0.5) is 22.0 Å². The quantitative estimate of drug-likeness (QED) is 0.381. The highest BCUT2D eigenvalue weighted by molar-refractivity contribution is 6.30. The minimum atomic E-state index is -0.339. The van der Waals surface area contributed by atoms with Gasteiger partial charge in [-0.1, -0.05) is 41.9 Å². The van der Waals surface area contributed by atoms with Gasteiger partial charge in [-0.05, 0) is 61.6 Å². The summed E-state index contributed by atoms with van der Waals surface area (Å²) in [6.45, 7) is 1.63. The van der Waals surface area contributed by atoms with Gasteiger partial charge in [-0.3, -0.25) is 4.68 Å². The summed E-state index contributed by atoms with van der Waals surface area (Å²) in [6, 6.07) is 20.4. The number of likely N-dealkylation sites (N-methyl/N-ethyl adjacent to an activating group) is 1. The van der Waals surface area contributed by atoms with Crippen LogP contribution in [-0.2, 0) is 6.54 Å². The summed E-state index contributed by atoms with van der Waals surface area (Å²) in [5, 5.41) is 11.6. The maximum atomic E-state index is 12.3. The third kappa shape index (κ3) is 4.85. The zero-order valence-electron chi connectivity index (χ0n) is 18.0. The molecule has 0 bridgehead atoms. The van der Waals surface area contributed by atoms with Crippen molar-refractivity contribution in [3.63, 3.8) is 0 Å². The Morgan fingerprint density at radius 1 is 1.03 bits per heavy atom. The predicted molar refractivity (Wildman–Crippen MR) is 132 cm³/mol. The molecule has 4 N–H and O–H groups in total. The first kappa shape index (κ1) is 21.7. The molecule has 0 aliphatic heterocycles. The fourth-order valence-corrected chi connectivity index (χ4v) is 3.75. The number of halogens is 1. The lowest BCUT2D eigenvalue weighted by Crippen LogP contribution is -2.19.